The number of hydrazine groups is 1. The number of carbonyl (C=O) groups is 1. The highest BCUT2D eigenvalue weighted by Gasteiger charge is 2.21. The zero-order valence-corrected chi connectivity index (χ0v) is 19.5. The fourth-order valence-corrected chi connectivity index (χ4v) is 4.56. The molecule has 7 nitrogen and oxygen atoms in total. The van der Waals surface area contributed by atoms with Crippen LogP contribution in [0.5, 0.6) is 0 Å². The van der Waals surface area contributed by atoms with Gasteiger partial charge in [0.25, 0.3) is 5.91 Å². The minimum atomic E-state index is -0.350. The summed E-state index contributed by atoms with van der Waals surface area (Å²) < 4.78 is 16.2. The Balaban J connectivity index is 1.45. The van der Waals surface area contributed by atoms with Gasteiger partial charge in [-0.2, -0.15) is 0 Å². The number of nitrogens with one attached hydrogen (secondary N) is 2. The fourth-order valence-electron chi connectivity index (χ4n) is 4.56. The number of rotatable bonds is 6. The maximum Gasteiger partial charge on any atom is 0.269 e. The molecule has 4 aromatic rings. The molecule has 1 aliphatic rings. The highest BCUT2D eigenvalue weighted by molar-refractivity contribution is 5.95. The first-order valence-corrected chi connectivity index (χ1v) is 11.7. The van der Waals surface area contributed by atoms with Crippen molar-refractivity contribution in [1.29, 1.82) is 0 Å². The third-order valence-electron chi connectivity index (χ3n) is 6.47. The zero-order chi connectivity index (χ0) is 23.7. The van der Waals surface area contributed by atoms with E-state index in [0.717, 1.165) is 49.5 Å². The van der Waals surface area contributed by atoms with Crippen LogP contribution < -0.4 is 10.9 Å². The van der Waals surface area contributed by atoms with Crippen molar-refractivity contribution in [2.75, 3.05) is 31.6 Å². The monoisotopic (exact) mass is 460 g/mol. The largest absolute Gasteiger partial charge is 0.307 e. The first-order chi connectivity index (χ1) is 16.5. The molecule has 0 atom stereocenters. The molecular formula is C26H29FN6O. The van der Waals surface area contributed by atoms with Gasteiger partial charge < -0.3 is 4.40 Å². The maximum absolute atomic E-state index is 14.1. The second-order valence-electron chi connectivity index (χ2n) is 8.99. The van der Waals surface area contributed by atoms with Crippen LogP contribution in [0.3, 0.4) is 0 Å². The van der Waals surface area contributed by atoms with E-state index in [1.807, 2.05) is 24.3 Å². The molecule has 0 aliphatic carbocycles. The van der Waals surface area contributed by atoms with E-state index in [4.69, 9.17) is 0 Å². The van der Waals surface area contributed by atoms with Gasteiger partial charge in [0.2, 0.25) is 0 Å². The Morgan fingerprint density at radius 1 is 1.00 bits per heavy atom. The molecule has 0 bridgehead atoms. The number of nitrogens with zero attached hydrogens (tertiary/aromatic N) is 4. The first kappa shape index (κ1) is 22.3. The summed E-state index contributed by atoms with van der Waals surface area (Å²) in [6.45, 7) is 9.35. The molecule has 0 unspecified atom stereocenters. The summed E-state index contributed by atoms with van der Waals surface area (Å²) in [6.07, 6.45) is 0. The summed E-state index contributed by atoms with van der Waals surface area (Å²) in [5.74, 6) is -0.148. The SMILES string of the molecule is CC(C)N1CCN(Cc2ccc3c(NNC(=O)c4ccccc4)nc4cc(F)ccc4n23)CC1. The number of hydrogen-bond acceptors (Lipinski definition) is 5. The second kappa shape index (κ2) is 9.40. The molecule has 2 aromatic heterocycles. The molecule has 1 amide bonds. The number of piperazine rings is 1. The molecule has 0 saturated carbocycles. The van der Waals surface area contributed by atoms with Crippen LogP contribution in [-0.2, 0) is 6.54 Å². The predicted molar refractivity (Wildman–Crippen MR) is 132 cm³/mol. The van der Waals surface area contributed by atoms with Crippen LogP contribution >= 0.6 is 0 Å². The summed E-state index contributed by atoms with van der Waals surface area (Å²) in [4.78, 5) is 22.1. The Kier molecular flexibility index (Phi) is 6.17. The van der Waals surface area contributed by atoms with Crippen molar-refractivity contribution in [3.05, 3.63) is 77.7 Å². The van der Waals surface area contributed by atoms with Crippen LogP contribution in [0.1, 0.15) is 29.9 Å². The second-order valence-corrected chi connectivity index (χ2v) is 8.99. The standard InChI is InChI=1S/C26H29FN6O/c1-18(2)32-14-12-31(13-15-32)17-21-9-11-24-25(29-30-26(34)19-6-4-3-5-7-19)28-22-16-20(27)8-10-23(22)33(21)24/h3-11,16,18H,12-15,17H2,1-2H3,(H,28,29)(H,30,34). The van der Waals surface area contributed by atoms with Gasteiger partial charge in [0, 0.05) is 56.1 Å². The Hall–Kier alpha value is -3.49. The highest BCUT2D eigenvalue weighted by atomic mass is 19.1. The minimum absolute atomic E-state index is 0.269. The molecule has 1 fully saturated rings. The lowest BCUT2D eigenvalue weighted by atomic mass is 10.2. The van der Waals surface area contributed by atoms with Gasteiger partial charge >= 0.3 is 0 Å². The summed E-state index contributed by atoms with van der Waals surface area (Å²) in [7, 11) is 0. The molecule has 0 spiro atoms. The quantitative estimate of drug-likeness (QED) is 0.427. The molecule has 3 heterocycles. The summed E-state index contributed by atoms with van der Waals surface area (Å²) in [6, 6.07) is 18.2. The van der Waals surface area contributed by atoms with Gasteiger partial charge in [0.05, 0.1) is 16.6 Å². The lowest BCUT2D eigenvalue weighted by Crippen LogP contribution is -2.48. The van der Waals surface area contributed by atoms with Gasteiger partial charge in [-0.15, -0.1) is 0 Å². The lowest BCUT2D eigenvalue weighted by Gasteiger charge is -2.36. The maximum atomic E-state index is 14.1. The lowest BCUT2D eigenvalue weighted by molar-refractivity contribution is 0.0962. The molecule has 5 rings (SSSR count). The van der Waals surface area contributed by atoms with Crippen LogP contribution in [-0.4, -0.2) is 57.3 Å². The molecule has 1 saturated heterocycles. The fraction of sp³-hybridized carbons (Fsp3) is 0.308. The number of fused-ring (bicyclic) bond motifs is 3. The molecule has 0 radical (unpaired) electrons. The van der Waals surface area contributed by atoms with Crippen LogP contribution in [0.4, 0.5) is 10.2 Å². The number of amides is 1. The molecular weight excluding hydrogens is 431 g/mol. The highest BCUT2D eigenvalue weighted by Crippen LogP contribution is 2.26. The Labute approximate surface area is 198 Å². The van der Waals surface area contributed by atoms with Crippen molar-refractivity contribution in [2.24, 2.45) is 0 Å². The number of carbonyl (C=O) groups excluding carboxylic acids is 1. The van der Waals surface area contributed by atoms with E-state index in [9.17, 15) is 9.18 Å². The Morgan fingerprint density at radius 2 is 1.74 bits per heavy atom. The number of hydrogen-bond donors (Lipinski definition) is 2. The third-order valence-corrected chi connectivity index (χ3v) is 6.47. The van der Waals surface area contributed by atoms with Crippen molar-refractivity contribution in [3.8, 4) is 0 Å². The molecule has 176 valence electrons. The normalized spacial score (nSPS) is 15.3. The number of anilines is 1. The molecule has 8 heteroatoms. The average Bonchev–Trinajstić information content (AvgIpc) is 3.27. The molecule has 2 aromatic carbocycles. The van der Waals surface area contributed by atoms with Gasteiger partial charge in [-0.1, -0.05) is 18.2 Å². The van der Waals surface area contributed by atoms with Crippen molar-refractivity contribution < 1.29 is 9.18 Å². The topological polar surface area (TPSA) is 64.9 Å². The van der Waals surface area contributed by atoms with Crippen molar-refractivity contribution in [2.45, 2.75) is 26.4 Å². The van der Waals surface area contributed by atoms with E-state index in [1.54, 1.807) is 18.2 Å². The summed E-state index contributed by atoms with van der Waals surface area (Å²) >= 11 is 0. The van der Waals surface area contributed by atoms with E-state index in [-0.39, 0.29) is 11.7 Å². The minimum Gasteiger partial charge on any atom is -0.307 e. The summed E-state index contributed by atoms with van der Waals surface area (Å²) in [5.41, 5.74) is 9.49. The smallest absolute Gasteiger partial charge is 0.269 e. The predicted octanol–water partition coefficient (Wildman–Crippen LogP) is 3.91. The number of halogens is 1. The van der Waals surface area contributed by atoms with Crippen molar-refractivity contribution in [3.63, 3.8) is 0 Å². The zero-order valence-electron chi connectivity index (χ0n) is 19.5. The number of benzene rings is 2. The van der Waals surface area contributed by atoms with Crippen LogP contribution in [0.15, 0.2) is 60.7 Å². The molecule has 2 N–H and O–H groups in total. The molecule has 34 heavy (non-hydrogen) atoms. The van der Waals surface area contributed by atoms with E-state index in [0.29, 0.717) is 22.9 Å². The van der Waals surface area contributed by atoms with Crippen molar-refractivity contribution in [1.82, 2.24) is 24.6 Å². The third kappa shape index (κ3) is 4.47. The van der Waals surface area contributed by atoms with Crippen molar-refractivity contribution >= 4 is 28.3 Å². The van der Waals surface area contributed by atoms with Gasteiger partial charge in [-0.05, 0) is 50.2 Å². The van der Waals surface area contributed by atoms with Crippen LogP contribution in [0, 0.1) is 5.82 Å². The van der Waals surface area contributed by atoms with E-state index < -0.39 is 0 Å². The Bertz CT molecular complexity index is 1310. The van der Waals surface area contributed by atoms with Gasteiger partial charge in [-0.25, -0.2) is 9.37 Å². The molecule has 1 aliphatic heterocycles. The Morgan fingerprint density at radius 3 is 2.47 bits per heavy atom. The first-order valence-electron chi connectivity index (χ1n) is 11.7. The average molecular weight is 461 g/mol. The van der Waals surface area contributed by atoms with Gasteiger partial charge in [0.1, 0.15) is 5.82 Å². The van der Waals surface area contributed by atoms with E-state index in [1.165, 1.54) is 12.1 Å². The number of aromatic nitrogens is 2. The van der Waals surface area contributed by atoms with Gasteiger partial charge in [0.15, 0.2) is 5.82 Å². The van der Waals surface area contributed by atoms with E-state index in [2.05, 4.69) is 49.9 Å². The van der Waals surface area contributed by atoms with E-state index >= 15 is 0 Å². The van der Waals surface area contributed by atoms with Crippen LogP contribution in [0.2, 0.25) is 0 Å². The van der Waals surface area contributed by atoms with Crippen LogP contribution in [0.25, 0.3) is 16.6 Å². The summed E-state index contributed by atoms with van der Waals surface area (Å²) in [5, 5.41) is 0. The van der Waals surface area contributed by atoms with Gasteiger partial charge in [-0.3, -0.25) is 25.4 Å².